The van der Waals surface area contributed by atoms with Crippen LogP contribution >= 0.6 is 0 Å². The summed E-state index contributed by atoms with van der Waals surface area (Å²) in [5, 5.41) is 30.2. The molecule has 0 aliphatic rings. The zero-order chi connectivity index (χ0) is 23.0. The smallest absolute Gasteiger partial charge is 0.211 e. The van der Waals surface area contributed by atoms with Crippen LogP contribution in [0, 0.1) is 0 Å². The maximum absolute atomic E-state index is 9.02. The normalized spacial score (nSPS) is 9.88. The van der Waals surface area contributed by atoms with Gasteiger partial charge >= 0.3 is 0 Å². The molecule has 3 N–H and O–H groups in total. The number of hydrogen-bond acceptors (Lipinski definition) is 6. The number of nitrogens with zero attached hydrogens (tertiary/aromatic N) is 3. The van der Waals surface area contributed by atoms with Gasteiger partial charge in [0, 0.05) is 34.4 Å². The quantitative estimate of drug-likeness (QED) is 0.283. The number of para-hydroxylation sites is 3. The maximum Gasteiger partial charge on any atom is 0.211 e. The van der Waals surface area contributed by atoms with Crippen molar-refractivity contribution in [2.24, 2.45) is 0 Å². The molecule has 0 saturated heterocycles. The number of rotatable bonds is 0. The summed E-state index contributed by atoms with van der Waals surface area (Å²) in [7, 11) is 0. The molecule has 0 aliphatic heterocycles. The van der Waals surface area contributed by atoms with Gasteiger partial charge in [-0.3, -0.25) is 0 Å². The minimum Gasteiger partial charge on any atom is -0.493 e. The van der Waals surface area contributed by atoms with E-state index in [-0.39, 0.29) is 35.0 Å². The standard InChI is InChI=1S/3C9H7NO.Al.3H/c3*11-9-6-5-7-3-1-2-4-8(7)10-9;;;;/h3*1-6H,(H,10,11);;;;. The van der Waals surface area contributed by atoms with Crippen LogP contribution in [0.5, 0.6) is 17.6 Å². The number of pyridine rings is 3. The van der Waals surface area contributed by atoms with Crippen molar-refractivity contribution in [2.45, 2.75) is 0 Å². The minimum atomic E-state index is 0. The molecule has 6 nitrogen and oxygen atoms in total. The second kappa shape index (κ2) is 11.6. The van der Waals surface area contributed by atoms with Crippen molar-refractivity contribution < 1.29 is 15.3 Å². The van der Waals surface area contributed by atoms with Crippen molar-refractivity contribution in [3.8, 4) is 17.6 Å². The topological polar surface area (TPSA) is 99.4 Å². The molecule has 0 unspecified atom stereocenters. The van der Waals surface area contributed by atoms with Gasteiger partial charge in [0.15, 0.2) is 17.4 Å². The summed E-state index contributed by atoms with van der Waals surface area (Å²) in [6.07, 6.45) is 0. The van der Waals surface area contributed by atoms with Crippen molar-refractivity contribution >= 4 is 50.1 Å². The van der Waals surface area contributed by atoms with Gasteiger partial charge in [-0.2, -0.15) is 0 Å². The Morgan fingerprint density at radius 2 is 0.618 bits per heavy atom. The van der Waals surface area contributed by atoms with Crippen molar-refractivity contribution in [3.05, 3.63) is 109 Å². The summed E-state index contributed by atoms with van der Waals surface area (Å²) in [4.78, 5) is 11.8. The monoisotopic (exact) mass is 465 g/mol. The van der Waals surface area contributed by atoms with Gasteiger partial charge in [-0.05, 0) is 36.4 Å². The molecule has 0 fully saturated rings. The fourth-order valence-corrected chi connectivity index (χ4v) is 3.17. The van der Waals surface area contributed by atoms with Gasteiger partial charge in [0.1, 0.15) is 0 Å². The summed E-state index contributed by atoms with van der Waals surface area (Å²) < 4.78 is 0. The Balaban J connectivity index is 0.000000141. The first-order chi connectivity index (χ1) is 16.1. The zero-order valence-electron chi connectivity index (χ0n) is 17.6. The summed E-state index contributed by atoms with van der Waals surface area (Å²) in [5.41, 5.74) is 2.48. The van der Waals surface area contributed by atoms with E-state index >= 15 is 0 Å². The molecule has 0 bridgehead atoms. The molecule has 0 aliphatic carbocycles. The minimum absolute atomic E-state index is 0. The summed E-state index contributed by atoms with van der Waals surface area (Å²) in [5.74, 6) is 0.219. The first kappa shape index (κ1) is 24.5. The summed E-state index contributed by atoms with van der Waals surface area (Å²) >= 11 is 0. The molecular formula is C27H24AlN3O3. The van der Waals surface area contributed by atoms with E-state index in [0.717, 1.165) is 32.7 Å². The second-order valence-corrected chi connectivity index (χ2v) is 7.09. The average molecular weight is 465 g/mol. The third-order valence-corrected chi connectivity index (χ3v) is 4.75. The fraction of sp³-hybridized carbons (Fsp3) is 0. The third kappa shape index (κ3) is 6.42. The van der Waals surface area contributed by atoms with Gasteiger partial charge in [-0.15, -0.1) is 0 Å². The van der Waals surface area contributed by atoms with E-state index in [4.69, 9.17) is 15.3 Å². The Hall–Kier alpha value is -4.18. The highest BCUT2D eigenvalue weighted by Gasteiger charge is 1.94. The predicted octanol–water partition coefficient (Wildman–Crippen LogP) is 4.64. The Morgan fingerprint density at radius 1 is 0.353 bits per heavy atom. The number of hydrogen-bond donors (Lipinski definition) is 3. The molecule has 168 valence electrons. The van der Waals surface area contributed by atoms with Gasteiger partial charge in [-0.1, -0.05) is 54.6 Å². The van der Waals surface area contributed by atoms with Crippen LogP contribution in [-0.2, 0) is 0 Å². The Bertz CT molecular complexity index is 1340. The molecule has 0 atom stereocenters. The number of benzene rings is 3. The molecule has 6 aromatic rings. The fourth-order valence-electron chi connectivity index (χ4n) is 3.17. The second-order valence-electron chi connectivity index (χ2n) is 7.09. The maximum atomic E-state index is 9.02. The highest BCUT2D eigenvalue weighted by molar-refractivity contribution is 5.80. The average Bonchev–Trinajstić information content (AvgIpc) is 2.84. The molecule has 3 heterocycles. The van der Waals surface area contributed by atoms with Gasteiger partial charge < -0.3 is 15.3 Å². The molecule has 3 aromatic heterocycles. The van der Waals surface area contributed by atoms with Gasteiger partial charge in [0.05, 0.1) is 16.6 Å². The van der Waals surface area contributed by atoms with Crippen molar-refractivity contribution in [2.75, 3.05) is 0 Å². The lowest BCUT2D eigenvalue weighted by Gasteiger charge is -1.95. The molecule has 6 rings (SSSR count). The van der Waals surface area contributed by atoms with Crippen molar-refractivity contribution in [3.63, 3.8) is 0 Å². The highest BCUT2D eigenvalue weighted by Crippen LogP contribution is 2.16. The van der Waals surface area contributed by atoms with E-state index < -0.39 is 0 Å². The first-order valence-corrected chi connectivity index (χ1v) is 10.2. The lowest BCUT2D eigenvalue weighted by Crippen LogP contribution is -1.76. The molecule has 0 radical (unpaired) electrons. The Labute approximate surface area is 207 Å². The molecule has 7 heteroatoms. The van der Waals surface area contributed by atoms with E-state index in [1.54, 1.807) is 18.2 Å². The third-order valence-electron chi connectivity index (χ3n) is 4.75. The molecule has 3 aromatic carbocycles. The highest BCUT2D eigenvalue weighted by atomic mass is 27.0. The van der Waals surface area contributed by atoms with Gasteiger partial charge in [-0.25, -0.2) is 15.0 Å². The molecule has 34 heavy (non-hydrogen) atoms. The van der Waals surface area contributed by atoms with E-state index in [0.29, 0.717) is 0 Å². The zero-order valence-corrected chi connectivity index (χ0v) is 17.6. The van der Waals surface area contributed by atoms with E-state index in [1.165, 1.54) is 0 Å². The molecule has 0 saturated carbocycles. The van der Waals surface area contributed by atoms with Crippen LogP contribution in [0.25, 0.3) is 32.7 Å². The molecular weight excluding hydrogens is 441 g/mol. The van der Waals surface area contributed by atoms with Crippen LogP contribution < -0.4 is 0 Å². The van der Waals surface area contributed by atoms with Gasteiger partial charge in [0.25, 0.3) is 0 Å². The Morgan fingerprint density at radius 3 is 0.912 bits per heavy atom. The Kier molecular flexibility index (Phi) is 8.36. The van der Waals surface area contributed by atoms with Crippen LogP contribution in [0.1, 0.15) is 0 Å². The lowest BCUT2D eigenvalue weighted by molar-refractivity contribution is 0.455. The van der Waals surface area contributed by atoms with Crippen LogP contribution in [0.15, 0.2) is 109 Å². The van der Waals surface area contributed by atoms with Gasteiger partial charge in [0.2, 0.25) is 17.6 Å². The lowest BCUT2D eigenvalue weighted by atomic mass is 10.2. The van der Waals surface area contributed by atoms with Crippen molar-refractivity contribution in [1.29, 1.82) is 0 Å². The number of fused-ring (bicyclic) bond motifs is 3. The van der Waals surface area contributed by atoms with E-state index in [2.05, 4.69) is 15.0 Å². The van der Waals surface area contributed by atoms with Crippen LogP contribution in [0.3, 0.4) is 0 Å². The molecule has 0 spiro atoms. The first-order valence-electron chi connectivity index (χ1n) is 10.2. The van der Waals surface area contributed by atoms with Crippen molar-refractivity contribution in [1.82, 2.24) is 15.0 Å². The van der Waals surface area contributed by atoms with Crippen LogP contribution in [-0.4, -0.2) is 47.6 Å². The summed E-state index contributed by atoms with van der Waals surface area (Å²) in [6.45, 7) is 0. The SMILES string of the molecule is Oc1ccc2ccccc2n1.Oc1ccc2ccccc2n1.Oc1ccc2ccccc2n1.[AlH3]. The van der Waals surface area contributed by atoms with Crippen LogP contribution in [0.4, 0.5) is 0 Å². The van der Waals surface area contributed by atoms with Crippen LogP contribution in [0.2, 0.25) is 0 Å². The number of aromatic hydroxyl groups is 3. The number of aromatic nitrogens is 3. The summed E-state index contributed by atoms with van der Waals surface area (Å²) in [6, 6.07) is 33.3. The van der Waals surface area contributed by atoms with E-state index in [1.807, 2.05) is 91.0 Å². The predicted molar refractivity (Wildman–Crippen MR) is 140 cm³/mol. The molecule has 0 amide bonds. The largest absolute Gasteiger partial charge is 0.493 e. The van der Waals surface area contributed by atoms with E-state index in [9.17, 15) is 0 Å².